The van der Waals surface area contributed by atoms with Crippen molar-refractivity contribution >= 4 is 17.5 Å². The molecule has 0 fully saturated rings. The molecule has 0 saturated heterocycles. The van der Waals surface area contributed by atoms with E-state index in [2.05, 4.69) is 0 Å². The fourth-order valence-corrected chi connectivity index (χ4v) is 1.59. The van der Waals surface area contributed by atoms with E-state index >= 15 is 0 Å². The van der Waals surface area contributed by atoms with Gasteiger partial charge in [-0.15, -0.1) is 11.6 Å². The smallest absolute Gasteiger partial charge is 0.237 e. The Morgan fingerprint density at radius 2 is 2.19 bits per heavy atom. The van der Waals surface area contributed by atoms with Gasteiger partial charge in [-0.25, -0.2) is 4.39 Å². The summed E-state index contributed by atoms with van der Waals surface area (Å²) in [4.78, 5) is 12.8. The molecule has 4 heteroatoms. The Balaban J connectivity index is 2.55. The fourth-order valence-electron chi connectivity index (χ4n) is 1.39. The minimum Gasteiger partial charge on any atom is -0.344 e. The van der Waals surface area contributed by atoms with Crippen LogP contribution in [0.2, 0.25) is 0 Å². The standard InChI is InChI=1S/C12H15ClFNO/c1-9-7-10(3-4-11(9)14)5-6-15(2)12(16)8-13/h3-4,7H,5-6,8H2,1-2H3. The van der Waals surface area contributed by atoms with Crippen LogP contribution in [0.1, 0.15) is 11.1 Å². The van der Waals surface area contributed by atoms with E-state index in [0.717, 1.165) is 5.56 Å². The van der Waals surface area contributed by atoms with Gasteiger partial charge in [-0.2, -0.15) is 0 Å². The van der Waals surface area contributed by atoms with Crippen LogP contribution in [0.3, 0.4) is 0 Å². The van der Waals surface area contributed by atoms with E-state index in [1.54, 1.807) is 31.0 Å². The highest BCUT2D eigenvalue weighted by Crippen LogP contribution is 2.10. The Morgan fingerprint density at radius 1 is 1.50 bits per heavy atom. The van der Waals surface area contributed by atoms with Gasteiger partial charge >= 0.3 is 0 Å². The van der Waals surface area contributed by atoms with E-state index < -0.39 is 0 Å². The van der Waals surface area contributed by atoms with Crippen LogP contribution in [0.25, 0.3) is 0 Å². The minimum absolute atomic E-state index is 0.00105. The van der Waals surface area contributed by atoms with Gasteiger partial charge in [0, 0.05) is 13.6 Å². The van der Waals surface area contributed by atoms with Crippen molar-refractivity contribution in [1.29, 1.82) is 0 Å². The molecule has 0 aliphatic rings. The van der Waals surface area contributed by atoms with E-state index in [9.17, 15) is 9.18 Å². The monoisotopic (exact) mass is 243 g/mol. The summed E-state index contributed by atoms with van der Waals surface area (Å²) in [7, 11) is 1.71. The SMILES string of the molecule is Cc1cc(CCN(C)C(=O)CCl)ccc1F. The molecule has 88 valence electrons. The molecule has 0 N–H and O–H groups in total. The first-order valence-corrected chi connectivity index (χ1v) is 5.63. The van der Waals surface area contributed by atoms with E-state index in [1.807, 2.05) is 0 Å². The van der Waals surface area contributed by atoms with Gasteiger partial charge in [0.1, 0.15) is 11.7 Å². The van der Waals surface area contributed by atoms with Crippen LogP contribution in [0, 0.1) is 12.7 Å². The maximum atomic E-state index is 13.0. The molecule has 0 radical (unpaired) electrons. The van der Waals surface area contributed by atoms with E-state index in [0.29, 0.717) is 18.5 Å². The second kappa shape index (κ2) is 5.85. The summed E-state index contributed by atoms with van der Waals surface area (Å²) < 4.78 is 13.0. The molecule has 0 aliphatic carbocycles. The molecule has 1 aromatic rings. The summed E-state index contributed by atoms with van der Waals surface area (Å²) >= 11 is 5.43. The highest BCUT2D eigenvalue weighted by Gasteiger charge is 2.07. The molecule has 1 aromatic carbocycles. The zero-order valence-electron chi connectivity index (χ0n) is 9.46. The number of likely N-dealkylation sites (N-methyl/N-ethyl adjacent to an activating group) is 1. The number of halogens is 2. The lowest BCUT2D eigenvalue weighted by atomic mass is 10.1. The molecule has 1 rings (SSSR count). The van der Waals surface area contributed by atoms with Crippen molar-refractivity contribution in [3.63, 3.8) is 0 Å². The fraction of sp³-hybridized carbons (Fsp3) is 0.417. The Kier molecular flexibility index (Phi) is 4.74. The Morgan fingerprint density at radius 3 is 2.75 bits per heavy atom. The maximum absolute atomic E-state index is 13.0. The highest BCUT2D eigenvalue weighted by molar-refractivity contribution is 6.27. The summed E-state index contributed by atoms with van der Waals surface area (Å²) in [6.45, 7) is 2.32. The summed E-state index contributed by atoms with van der Waals surface area (Å²) in [5, 5.41) is 0. The molecule has 0 saturated carbocycles. The van der Waals surface area contributed by atoms with Crippen LogP contribution in [-0.4, -0.2) is 30.3 Å². The van der Waals surface area contributed by atoms with Crippen molar-refractivity contribution in [3.05, 3.63) is 35.1 Å². The number of benzene rings is 1. The number of hydrogen-bond donors (Lipinski definition) is 0. The predicted octanol–water partition coefficient (Wildman–Crippen LogP) is 2.37. The number of hydrogen-bond acceptors (Lipinski definition) is 1. The van der Waals surface area contributed by atoms with Crippen molar-refractivity contribution in [1.82, 2.24) is 4.90 Å². The third kappa shape index (κ3) is 3.49. The van der Waals surface area contributed by atoms with Crippen LogP contribution in [0.15, 0.2) is 18.2 Å². The van der Waals surface area contributed by atoms with Crippen LogP contribution in [0.4, 0.5) is 4.39 Å². The number of rotatable bonds is 4. The number of carbonyl (C=O) groups excluding carboxylic acids is 1. The van der Waals surface area contributed by atoms with Crippen molar-refractivity contribution < 1.29 is 9.18 Å². The average Bonchev–Trinajstić information content (AvgIpc) is 2.29. The van der Waals surface area contributed by atoms with Gasteiger partial charge in [0.25, 0.3) is 0 Å². The third-order valence-electron chi connectivity index (χ3n) is 2.50. The van der Waals surface area contributed by atoms with Crippen LogP contribution >= 0.6 is 11.6 Å². The quantitative estimate of drug-likeness (QED) is 0.744. The molecule has 16 heavy (non-hydrogen) atoms. The molecular weight excluding hydrogens is 229 g/mol. The lowest BCUT2D eigenvalue weighted by Crippen LogP contribution is -2.29. The van der Waals surface area contributed by atoms with Crippen molar-refractivity contribution in [2.24, 2.45) is 0 Å². The maximum Gasteiger partial charge on any atom is 0.237 e. The zero-order valence-corrected chi connectivity index (χ0v) is 10.2. The number of amides is 1. The second-order valence-corrected chi connectivity index (χ2v) is 4.05. The molecular formula is C12H15ClFNO. The Bertz CT molecular complexity index is 381. The molecule has 0 atom stereocenters. The van der Waals surface area contributed by atoms with Crippen LogP contribution in [0.5, 0.6) is 0 Å². The summed E-state index contributed by atoms with van der Waals surface area (Å²) in [5.41, 5.74) is 1.65. The molecule has 0 spiro atoms. The number of nitrogens with zero attached hydrogens (tertiary/aromatic N) is 1. The Hall–Kier alpha value is -1.09. The van der Waals surface area contributed by atoms with Crippen molar-refractivity contribution in [3.8, 4) is 0 Å². The van der Waals surface area contributed by atoms with Gasteiger partial charge in [0.2, 0.25) is 5.91 Å². The van der Waals surface area contributed by atoms with Gasteiger partial charge in [-0.1, -0.05) is 12.1 Å². The van der Waals surface area contributed by atoms with Crippen molar-refractivity contribution in [2.45, 2.75) is 13.3 Å². The second-order valence-electron chi connectivity index (χ2n) is 3.78. The summed E-state index contributed by atoms with van der Waals surface area (Å²) in [6, 6.07) is 4.99. The molecule has 0 aliphatic heterocycles. The van der Waals surface area contributed by atoms with Gasteiger partial charge in [-0.3, -0.25) is 4.79 Å². The largest absolute Gasteiger partial charge is 0.344 e. The predicted molar refractivity (Wildman–Crippen MR) is 63.2 cm³/mol. The number of alkyl halides is 1. The lowest BCUT2D eigenvalue weighted by molar-refractivity contribution is -0.127. The highest BCUT2D eigenvalue weighted by atomic mass is 35.5. The first-order chi connectivity index (χ1) is 7.54. The average molecular weight is 244 g/mol. The number of carbonyl (C=O) groups is 1. The van der Waals surface area contributed by atoms with Crippen LogP contribution < -0.4 is 0 Å². The van der Waals surface area contributed by atoms with E-state index in [4.69, 9.17) is 11.6 Å². The van der Waals surface area contributed by atoms with E-state index in [-0.39, 0.29) is 17.6 Å². The van der Waals surface area contributed by atoms with Gasteiger partial charge < -0.3 is 4.90 Å². The Labute approximate surface area is 100 Å². The first-order valence-electron chi connectivity index (χ1n) is 5.09. The molecule has 0 heterocycles. The zero-order chi connectivity index (χ0) is 12.1. The van der Waals surface area contributed by atoms with E-state index in [1.165, 1.54) is 6.07 Å². The molecule has 2 nitrogen and oxygen atoms in total. The molecule has 0 aromatic heterocycles. The summed E-state index contributed by atoms with van der Waals surface area (Å²) in [6.07, 6.45) is 0.709. The van der Waals surface area contributed by atoms with Gasteiger partial charge in [-0.05, 0) is 30.5 Å². The topological polar surface area (TPSA) is 20.3 Å². The minimum atomic E-state index is -0.200. The third-order valence-corrected chi connectivity index (χ3v) is 2.73. The van der Waals surface area contributed by atoms with Gasteiger partial charge in [0.05, 0.1) is 0 Å². The normalized spacial score (nSPS) is 10.2. The van der Waals surface area contributed by atoms with Crippen LogP contribution in [-0.2, 0) is 11.2 Å². The molecule has 0 bridgehead atoms. The summed E-state index contributed by atoms with van der Waals surface area (Å²) in [5.74, 6) is -0.298. The van der Waals surface area contributed by atoms with Gasteiger partial charge in [0.15, 0.2) is 0 Å². The lowest BCUT2D eigenvalue weighted by Gasteiger charge is -2.15. The first kappa shape index (κ1) is 13.0. The molecule has 1 amide bonds. The molecule has 0 unspecified atom stereocenters. The number of aryl methyl sites for hydroxylation is 1. The van der Waals surface area contributed by atoms with Crippen molar-refractivity contribution in [2.75, 3.05) is 19.5 Å².